The highest BCUT2D eigenvalue weighted by Crippen LogP contribution is 2.08. The predicted molar refractivity (Wildman–Crippen MR) is 86.0 cm³/mol. The average molecular weight is 310 g/mol. The fourth-order valence-electron chi connectivity index (χ4n) is 2.44. The van der Waals surface area contributed by atoms with E-state index in [-0.39, 0.29) is 18.4 Å². The molecule has 0 fully saturated rings. The number of carbonyl (C=O) groups is 1. The lowest BCUT2D eigenvalue weighted by Crippen LogP contribution is -2.32. The number of aromatic nitrogens is 3. The topological polar surface area (TPSA) is 79.5 Å². The van der Waals surface area contributed by atoms with Gasteiger partial charge in [0.05, 0.1) is 6.20 Å². The van der Waals surface area contributed by atoms with Crippen LogP contribution < -0.4 is 5.32 Å². The number of nitrogens with one attached hydrogen (secondary N) is 1. The third-order valence-electron chi connectivity index (χ3n) is 3.68. The molecule has 3 heterocycles. The van der Waals surface area contributed by atoms with Crippen molar-refractivity contribution in [1.82, 2.24) is 19.7 Å². The fourth-order valence-corrected chi connectivity index (χ4v) is 2.44. The Morgan fingerprint density at radius 2 is 2.09 bits per heavy atom. The number of aliphatic hydroxyl groups is 1. The second-order valence-corrected chi connectivity index (χ2v) is 5.36. The van der Waals surface area contributed by atoms with Crippen molar-refractivity contribution in [2.75, 3.05) is 13.2 Å². The van der Waals surface area contributed by atoms with E-state index in [0.29, 0.717) is 18.7 Å². The minimum absolute atomic E-state index is 0.00991. The molecule has 0 aromatic carbocycles. The summed E-state index contributed by atoms with van der Waals surface area (Å²) in [5, 5.41) is 12.4. The van der Waals surface area contributed by atoms with E-state index in [1.807, 2.05) is 36.4 Å². The van der Waals surface area contributed by atoms with Crippen molar-refractivity contribution in [3.05, 3.63) is 66.4 Å². The molecule has 0 aliphatic rings. The monoisotopic (exact) mass is 310 g/mol. The van der Waals surface area contributed by atoms with Crippen LogP contribution in [0.1, 0.15) is 16.2 Å². The molecular weight excluding hydrogens is 292 g/mol. The van der Waals surface area contributed by atoms with Crippen molar-refractivity contribution < 1.29 is 9.90 Å². The molecule has 0 bridgehead atoms. The molecule has 6 heteroatoms. The summed E-state index contributed by atoms with van der Waals surface area (Å²) in [5.74, 6) is -0.281. The molecule has 3 aromatic heterocycles. The zero-order valence-electron chi connectivity index (χ0n) is 12.6. The van der Waals surface area contributed by atoms with Crippen molar-refractivity contribution in [2.24, 2.45) is 5.92 Å². The maximum Gasteiger partial charge on any atom is 0.269 e. The molecule has 0 radical (unpaired) electrons. The number of hydrogen-bond donors (Lipinski definition) is 2. The molecule has 0 aliphatic heterocycles. The molecule has 6 nitrogen and oxygen atoms in total. The van der Waals surface area contributed by atoms with Crippen molar-refractivity contribution in [3.8, 4) is 0 Å². The summed E-state index contributed by atoms with van der Waals surface area (Å²) in [6.45, 7) is 0.371. The van der Waals surface area contributed by atoms with Gasteiger partial charge in [-0.25, -0.2) is 4.98 Å². The first-order valence-electron chi connectivity index (χ1n) is 7.49. The third-order valence-corrected chi connectivity index (χ3v) is 3.68. The van der Waals surface area contributed by atoms with E-state index in [4.69, 9.17) is 0 Å². The van der Waals surface area contributed by atoms with E-state index in [9.17, 15) is 9.90 Å². The molecule has 2 N–H and O–H groups in total. The van der Waals surface area contributed by atoms with E-state index < -0.39 is 0 Å². The van der Waals surface area contributed by atoms with Crippen LogP contribution in [0, 0.1) is 5.92 Å². The normalized spacial score (nSPS) is 12.2. The van der Waals surface area contributed by atoms with Gasteiger partial charge in [-0.1, -0.05) is 12.1 Å². The van der Waals surface area contributed by atoms with Gasteiger partial charge in [0.1, 0.15) is 11.3 Å². The molecule has 3 aromatic rings. The summed E-state index contributed by atoms with van der Waals surface area (Å²) in [4.78, 5) is 20.8. The van der Waals surface area contributed by atoms with Crippen LogP contribution in [0.4, 0.5) is 0 Å². The van der Waals surface area contributed by atoms with Crippen LogP contribution in [0.25, 0.3) is 5.65 Å². The molecule has 1 atom stereocenters. The van der Waals surface area contributed by atoms with Gasteiger partial charge in [0.15, 0.2) is 0 Å². The Morgan fingerprint density at radius 3 is 2.87 bits per heavy atom. The summed E-state index contributed by atoms with van der Waals surface area (Å²) in [7, 11) is 0. The first-order valence-corrected chi connectivity index (χ1v) is 7.49. The summed E-state index contributed by atoms with van der Waals surface area (Å²) >= 11 is 0. The Morgan fingerprint density at radius 1 is 1.22 bits per heavy atom. The zero-order valence-corrected chi connectivity index (χ0v) is 12.6. The standard InChI is InChI=1S/C17H18N4O2/c22-12-13(9-14-5-1-3-7-18-14)10-20-17(23)15-11-19-16-6-2-4-8-21(15)16/h1-8,11,13,22H,9-10,12H2,(H,20,23). The maximum atomic E-state index is 12.3. The molecule has 1 unspecified atom stereocenters. The lowest BCUT2D eigenvalue weighted by molar-refractivity contribution is 0.0934. The number of carbonyl (C=O) groups excluding carboxylic acids is 1. The quantitative estimate of drug-likeness (QED) is 0.719. The second-order valence-electron chi connectivity index (χ2n) is 5.36. The summed E-state index contributed by atoms with van der Waals surface area (Å²) in [6, 6.07) is 11.2. The minimum atomic E-state index is -0.205. The fraction of sp³-hybridized carbons (Fsp3) is 0.235. The van der Waals surface area contributed by atoms with Crippen LogP contribution in [0.5, 0.6) is 0 Å². The molecule has 118 valence electrons. The van der Waals surface area contributed by atoms with Gasteiger partial charge >= 0.3 is 0 Å². The highest BCUT2D eigenvalue weighted by atomic mass is 16.3. The van der Waals surface area contributed by atoms with Gasteiger partial charge in [-0.05, 0) is 30.7 Å². The van der Waals surface area contributed by atoms with E-state index in [1.54, 1.807) is 23.0 Å². The Kier molecular flexibility index (Phi) is 4.63. The highest BCUT2D eigenvalue weighted by molar-refractivity contribution is 5.93. The first-order chi connectivity index (χ1) is 11.3. The van der Waals surface area contributed by atoms with Gasteiger partial charge in [-0.2, -0.15) is 0 Å². The molecular formula is C17H18N4O2. The predicted octanol–water partition coefficient (Wildman–Crippen LogP) is 1.31. The summed E-state index contributed by atoms with van der Waals surface area (Å²) in [5.41, 5.74) is 2.11. The van der Waals surface area contributed by atoms with Crippen LogP contribution in [0.2, 0.25) is 0 Å². The lowest BCUT2D eigenvalue weighted by Gasteiger charge is -2.14. The van der Waals surface area contributed by atoms with Gasteiger partial charge in [0.2, 0.25) is 0 Å². The molecule has 3 rings (SSSR count). The molecule has 0 saturated carbocycles. The molecule has 1 amide bonds. The van der Waals surface area contributed by atoms with Gasteiger partial charge in [0.25, 0.3) is 5.91 Å². The summed E-state index contributed by atoms with van der Waals surface area (Å²) in [6.07, 6.45) is 5.69. The Labute approximate surface area is 133 Å². The van der Waals surface area contributed by atoms with Crippen molar-refractivity contribution >= 4 is 11.6 Å². The van der Waals surface area contributed by atoms with E-state index in [0.717, 1.165) is 11.3 Å². The maximum absolute atomic E-state index is 12.3. The van der Waals surface area contributed by atoms with Gasteiger partial charge in [-0.3, -0.25) is 14.2 Å². The van der Waals surface area contributed by atoms with Crippen molar-refractivity contribution in [2.45, 2.75) is 6.42 Å². The number of hydrogen-bond acceptors (Lipinski definition) is 4. The first kappa shape index (κ1) is 15.2. The van der Waals surface area contributed by atoms with Crippen LogP contribution >= 0.6 is 0 Å². The number of fused-ring (bicyclic) bond motifs is 1. The largest absolute Gasteiger partial charge is 0.396 e. The van der Waals surface area contributed by atoms with Crippen LogP contribution in [0.3, 0.4) is 0 Å². The van der Waals surface area contributed by atoms with E-state index >= 15 is 0 Å². The molecule has 0 saturated heterocycles. The molecule has 0 spiro atoms. The third kappa shape index (κ3) is 3.54. The average Bonchev–Trinajstić information content (AvgIpc) is 3.03. The van der Waals surface area contributed by atoms with E-state index in [1.165, 1.54) is 0 Å². The Balaban J connectivity index is 1.63. The van der Waals surface area contributed by atoms with Crippen LogP contribution in [-0.2, 0) is 6.42 Å². The van der Waals surface area contributed by atoms with Crippen molar-refractivity contribution in [3.63, 3.8) is 0 Å². The number of amides is 1. The number of imidazole rings is 1. The number of aliphatic hydroxyl groups excluding tert-OH is 1. The highest BCUT2D eigenvalue weighted by Gasteiger charge is 2.15. The number of rotatable bonds is 6. The van der Waals surface area contributed by atoms with E-state index in [2.05, 4.69) is 15.3 Å². The van der Waals surface area contributed by atoms with Crippen molar-refractivity contribution in [1.29, 1.82) is 0 Å². The molecule has 0 aliphatic carbocycles. The molecule has 23 heavy (non-hydrogen) atoms. The second kappa shape index (κ2) is 7.02. The number of pyridine rings is 2. The number of nitrogens with zero attached hydrogens (tertiary/aromatic N) is 3. The SMILES string of the molecule is O=C(NCC(CO)Cc1ccccn1)c1cnc2ccccn12. The van der Waals surface area contributed by atoms with Gasteiger partial charge < -0.3 is 10.4 Å². The van der Waals surface area contributed by atoms with Gasteiger partial charge in [-0.15, -0.1) is 0 Å². The summed E-state index contributed by atoms with van der Waals surface area (Å²) < 4.78 is 1.74. The Hall–Kier alpha value is -2.73. The van der Waals surface area contributed by atoms with Gasteiger partial charge in [0, 0.05) is 37.2 Å². The zero-order chi connectivity index (χ0) is 16.1. The van der Waals surface area contributed by atoms with Crippen LogP contribution in [-0.4, -0.2) is 38.5 Å². The Bertz CT molecular complexity index is 785. The smallest absolute Gasteiger partial charge is 0.269 e. The van der Waals surface area contributed by atoms with Crippen LogP contribution in [0.15, 0.2) is 55.0 Å². The minimum Gasteiger partial charge on any atom is -0.396 e. The lowest BCUT2D eigenvalue weighted by atomic mass is 10.0.